The van der Waals surface area contributed by atoms with Crippen LogP contribution in [-0.4, -0.2) is 38.9 Å². The van der Waals surface area contributed by atoms with E-state index >= 15 is 0 Å². The molecule has 1 unspecified atom stereocenters. The summed E-state index contributed by atoms with van der Waals surface area (Å²) in [7, 11) is 1.55. The molecule has 3 rings (SSSR count). The van der Waals surface area contributed by atoms with Crippen molar-refractivity contribution in [2.75, 3.05) is 13.6 Å². The van der Waals surface area contributed by atoms with E-state index in [1.807, 2.05) is 0 Å². The Balaban J connectivity index is 1.67. The van der Waals surface area contributed by atoms with E-state index in [1.54, 1.807) is 7.05 Å². The number of aromatic nitrogens is 3. The Morgan fingerprint density at radius 3 is 2.88 bits per heavy atom. The lowest BCUT2D eigenvalue weighted by Gasteiger charge is -2.28. The SMILES string of the molecule is CN(CC1CCc2nc(C(F)(F)F)cn2C1)C(=O)c1ccncc1F. The summed E-state index contributed by atoms with van der Waals surface area (Å²) < 4.78 is 53.4. The van der Waals surface area contributed by atoms with Gasteiger partial charge in [-0.25, -0.2) is 9.37 Å². The summed E-state index contributed by atoms with van der Waals surface area (Å²) in [5.74, 6) is -0.804. The Kier molecular flexibility index (Phi) is 4.49. The number of imidazole rings is 1. The largest absolute Gasteiger partial charge is 0.434 e. The van der Waals surface area contributed by atoms with E-state index in [0.29, 0.717) is 31.8 Å². The highest BCUT2D eigenvalue weighted by molar-refractivity contribution is 5.94. The van der Waals surface area contributed by atoms with Gasteiger partial charge in [0.15, 0.2) is 11.5 Å². The molecule has 0 saturated heterocycles. The molecule has 0 spiro atoms. The molecule has 1 amide bonds. The zero-order valence-electron chi connectivity index (χ0n) is 13.4. The first kappa shape index (κ1) is 17.4. The average molecular weight is 356 g/mol. The summed E-state index contributed by atoms with van der Waals surface area (Å²) >= 11 is 0. The molecule has 3 heterocycles. The number of hydrogen-bond donors (Lipinski definition) is 0. The van der Waals surface area contributed by atoms with Crippen molar-refractivity contribution in [1.29, 1.82) is 0 Å². The molecular weight excluding hydrogens is 340 g/mol. The summed E-state index contributed by atoms with van der Waals surface area (Å²) in [5, 5.41) is 0. The van der Waals surface area contributed by atoms with Crippen LogP contribution >= 0.6 is 0 Å². The Hall–Kier alpha value is -2.45. The van der Waals surface area contributed by atoms with E-state index in [-0.39, 0.29) is 11.5 Å². The molecule has 0 radical (unpaired) electrons. The van der Waals surface area contributed by atoms with Crippen LogP contribution in [0.4, 0.5) is 17.6 Å². The van der Waals surface area contributed by atoms with Gasteiger partial charge in [-0.15, -0.1) is 0 Å². The van der Waals surface area contributed by atoms with E-state index in [1.165, 1.54) is 21.7 Å². The monoisotopic (exact) mass is 356 g/mol. The van der Waals surface area contributed by atoms with Crippen molar-refractivity contribution in [2.45, 2.75) is 25.6 Å². The molecular formula is C16H16F4N4O. The van der Waals surface area contributed by atoms with Crippen molar-refractivity contribution in [2.24, 2.45) is 5.92 Å². The van der Waals surface area contributed by atoms with Crippen molar-refractivity contribution in [3.63, 3.8) is 0 Å². The Morgan fingerprint density at radius 2 is 2.20 bits per heavy atom. The Labute approximate surface area is 141 Å². The predicted octanol–water partition coefficient (Wildman–Crippen LogP) is 2.77. The standard InChI is InChI=1S/C16H16F4N4O/c1-23(15(25)11-4-5-21-6-12(11)17)7-10-2-3-14-22-13(16(18,19)20)9-24(14)8-10/h4-6,9-10H,2-3,7-8H2,1H3. The predicted molar refractivity (Wildman–Crippen MR) is 80.2 cm³/mol. The number of alkyl halides is 3. The lowest BCUT2D eigenvalue weighted by atomic mass is 9.98. The van der Waals surface area contributed by atoms with Crippen molar-refractivity contribution in [3.05, 3.63) is 47.6 Å². The van der Waals surface area contributed by atoms with Crippen LogP contribution in [0.15, 0.2) is 24.7 Å². The van der Waals surface area contributed by atoms with Gasteiger partial charge in [0.1, 0.15) is 5.82 Å². The second-order valence-electron chi connectivity index (χ2n) is 6.14. The smallest absolute Gasteiger partial charge is 0.341 e. The van der Waals surface area contributed by atoms with Gasteiger partial charge in [0.05, 0.1) is 11.8 Å². The van der Waals surface area contributed by atoms with Gasteiger partial charge >= 0.3 is 6.18 Å². The Bertz CT molecular complexity index is 787. The number of rotatable bonds is 3. The maximum absolute atomic E-state index is 13.7. The maximum atomic E-state index is 13.7. The molecule has 1 aliphatic rings. The van der Waals surface area contributed by atoms with Gasteiger partial charge in [-0.1, -0.05) is 0 Å². The lowest BCUT2D eigenvalue weighted by Crippen LogP contribution is -2.35. The number of carbonyl (C=O) groups excluding carboxylic acids is 1. The quantitative estimate of drug-likeness (QED) is 0.795. The van der Waals surface area contributed by atoms with Crippen LogP contribution < -0.4 is 0 Å². The highest BCUT2D eigenvalue weighted by atomic mass is 19.4. The summed E-state index contributed by atoms with van der Waals surface area (Å²) in [4.78, 5) is 20.9. The second kappa shape index (κ2) is 6.45. The van der Waals surface area contributed by atoms with Gasteiger partial charge < -0.3 is 9.47 Å². The molecule has 25 heavy (non-hydrogen) atoms. The fourth-order valence-corrected chi connectivity index (χ4v) is 3.02. The number of fused-ring (bicyclic) bond motifs is 1. The van der Waals surface area contributed by atoms with Crippen molar-refractivity contribution < 1.29 is 22.4 Å². The molecule has 2 aromatic heterocycles. The lowest BCUT2D eigenvalue weighted by molar-refractivity contribution is -0.141. The number of hydrogen-bond acceptors (Lipinski definition) is 3. The van der Waals surface area contributed by atoms with E-state index in [2.05, 4.69) is 9.97 Å². The van der Waals surface area contributed by atoms with Crippen molar-refractivity contribution in [3.8, 4) is 0 Å². The van der Waals surface area contributed by atoms with Crippen LogP contribution in [0.2, 0.25) is 0 Å². The molecule has 0 aliphatic carbocycles. The van der Waals surface area contributed by atoms with E-state index < -0.39 is 23.6 Å². The number of amides is 1. The van der Waals surface area contributed by atoms with Crippen LogP contribution in [-0.2, 0) is 19.1 Å². The molecule has 9 heteroatoms. The normalized spacial score (nSPS) is 17.2. The van der Waals surface area contributed by atoms with Gasteiger partial charge in [0.25, 0.3) is 5.91 Å². The van der Waals surface area contributed by atoms with Crippen molar-refractivity contribution in [1.82, 2.24) is 19.4 Å². The zero-order valence-corrected chi connectivity index (χ0v) is 13.4. The fourth-order valence-electron chi connectivity index (χ4n) is 3.02. The highest BCUT2D eigenvalue weighted by Crippen LogP contribution is 2.30. The third-order valence-corrected chi connectivity index (χ3v) is 4.26. The molecule has 5 nitrogen and oxygen atoms in total. The second-order valence-corrected chi connectivity index (χ2v) is 6.14. The van der Waals surface area contributed by atoms with Crippen LogP contribution in [0.1, 0.15) is 28.3 Å². The third kappa shape index (κ3) is 3.64. The molecule has 1 aliphatic heterocycles. The first-order valence-corrected chi connectivity index (χ1v) is 7.74. The van der Waals surface area contributed by atoms with Gasteiger partial charge in [-0.05, 0) is 18.4 Å². The van der Waals surface area contributed by atoms with Crippen molar-refractivity contribution >= 4 is 5.91 Å². The fraction of sp³-hybridized carbons (Fsp3) is 0.438. The number of aryl methyl sites for hydroxylation is 1. The van der Waals surface area contributed by atoms with Crippen LogP contribution in [0.3, 0.4) is 0 Å². The summed E-state index contributed by atoms with van der Waals surface area (Å²) in [6.45, 7) is 0.661. The average Bonchev–Trinajstić information content (AvgIpc) is 2.98. The molecule has 0 N–H and O–H groups in total. The highest BCUT2D eigenvalue weighted by Gasteiger charge is 2.36. The molecule has 0 saturated carbocycles. The summed E-state index contributed by atoms with van der Waals surface area (Å²) in [6.07, 6.45) is -0.131. The Morgan fingerprint density at radius 1 is 1.44 bits per heavy atom. The van der Waals surface area contributed by atoms with Crippen LogP contribution in [0.5, 0.6) is 0 Å². The van der Waals surface area contributed by atoms with Crippen LogP contribution in [0.25, 0.3) is 0 Å². The van der Waals surface area contributed by atoms with Gasteiger partial charge in [-0.3, -0.25) is 9.78 Å². The minimum absolute atomic E-state index is 0.0263. The maximum Gasteiger partial charge on any atom is 0.434 e. The van der Waals surface area contributed by atoms with Gasteiger partial charge in [0.2, 0.25) is 0 Å². The molecule has 0 bridgehead atoms. The minimum atomic E-state index is -4.47. The molecule has 134 valence electrons. The third-order valence-electron chi connectivity index (χ3n) is 4.26. The number of halogens is 4. The molecule has 1 atom stereocenters. The number of nitrogens with zero attached hydrogens (tertiary/aromatic N) is 4. The van der Waals surface area contributed by atoms with E-state index in [9.17, 15) is 22.4 Å². The topological polar surface area (TPSA) is 51.0 Å². The molecule has 0 aromatic carbocycles. The van der Waals surface area contributed by atoms with E-state index in [0.717, 1.165) is 12.4 Å². The number of carbonyl (C=O) groups is 1. The first-order valence-electron chi connectivity index (χ1n) is 7.74. The minimum Gasteiger partial charge on any atom is -0.341 e. The zero-order chi connectivity index (χ0) is 18.2. The van der Waals surface area contributed by atoms with Gasteiger partial charge in [-0.2, -0.15) is 13.2 Å². The molecule has 2 aromatic rings. The molecule has 0 fully saturated rings. The van der Waals surface area contributed by atoms with E-state index in [4.69, 9.17) is 0 Å². The number of pyridine rings is 1. The summed E-state index contributed by atoms with van der Waals surface area (Å²) in [5.41, 5.74) is -0.970. The first-order chi connectivity index (χ1) is 11.8. The summed E-state index contributed by atoms with van der Waals surface area (Å²) in [6, 6.07) is 1.30. The van der Waals surface area contributed by atoms with Gasteiger partial charge in [0, 0.05) is 39.0 Å². The van der Waals surface area contributed by atoms with Crippen LogP contribution in [0, 0.1) is 11.7 Å².